The van der Waals surface area contributed by atoms with Crippen molar-refractivity contribution < 1.29 is 9.50 Å². The number of thiophene rings is 1. The molecule has 2 aromatic rings. The van der Waals surface area contributed by atoms with Crippen LogP contribution < -0.4 is 0 Å². The van der Waals surface area contributed by atoms with Crippen molar-refractivity contribution in [3.63, 3.8) is 0 Å². The van der Waals surface area contributed by atoms with Gasteiger partial charge in [0.1, 0.15) is 5.82 Å². The Bertz CT molecular complexity index is 549. The van der Waals surface area contributed by atoms with E-state index in [0.717, 1.165) is 14.2 Å². The normalized spacial score (nSPS) is 12.7. The van der Waals surface area contributed by atoms with Crippen LogP contribution in [0, 0.1) is 12.7 Å². The average molecular weight is 394 g/mol. The number of hydrogen-bond donors (Lipinski definition) is 1. The molecule has 0 aliphatic carbocycles. The van der Waals surface area contributed by atoms with E-state index in [1.807, 2.05) is 13.0 Å². The Kier molecular flexibility index (Phi) is 4.59. The van der Waals surface area contributed by atoms with E-state index in [9.17, 15) is 9.50 Å². The van der Waals surface area contributed by atoms with Gasteiger partial charge < -0.3 is 5.11 Å². The maximum Gasteiger partial charge on any atom is 0.127 e. The summed E-state index contributed by atoms with van der Waals surface area (Å²) in [5, 5.41) is 10.1. The minimum atomic E-state index is -0.671. The molecule has 0 bridgehead atoms. The van der Waals surface area contributed by atoms with Crippen molar-refractivity contribution in [1.29, 1.82) is 0 Å². The van der Waals surface area contributed by atoms with Gasteiger partial charge in [-0.15, -0.1) is 11.3 Å². The summed E-state index contributed by atoms with van der Waals surface area (Å²) in [6, 6.07) is 6.78. The Labute approximate surface area is 126 Å². The van der Waals surface area contributed by atoms with Crippen molar-refractivity contribution in [2.24, 2.45) is 0 Å². The van der Waals surface area contributed by atoms with Crippen molar-refractivity contribution >= 4 is 43.2 Å². The van der Waals surface area contributed by atoms with Crippen molar-refractivity contribution in [2.75, 3.05) is 0 Å². The Morgan fingerprint density at radius 3 is 2.61 bits per heavy atom. The predicted molar refractivity (Wildman–Crippen MR) is 79.5 cm³/mol. The number of benzene rings is 1. The smallest absolute Gasteiger partial charge is 0.127 e. The second kappa shape index (κ2) is 5.82. The largest absolute Gasteiger partial charge is 0.387 e. The molecule has 0 fully saturated rings. The van der Waals surface area contributed by atoms with Crippen LogP contribution in [-0.4, -0.2) is 5.11 Å². The summed E-state index contributed by atoms with van der Waals surface area (Å²) in [5.41, 5.74) is 0.521. The Balaban J connectivity index is 2.18. The van der Waals surface area contributed by atoms with Crippen LogP contribution >= 0.6 is 43.2 Å². The van der Waals surface area contributed by atoms with Crippen molar-refractivity contribution in [1.82, 2.24) is 0 Å². The van der Waals surface area contributed by atoms with Crippen LogP contribution in [0.4, 0.5) is 4.39 Å². The fourth-order valence-electron chi connectivity index (χ4n) is 1.64. The molecule has 0 saturated heterocycles. The first-order chi connectivity index (χ1) is 8.47. The molecule has 0 aliphatic heterocycles. The Hall–Kier alpha value is -0.230. The fourth-order valence-corrected chi connectivity index (χ4v) is 3.52. The molecular weight excluding hydrogens is 383 g/mol. The lowest BCUT2D eigenvalue weighted by atomic mass is 10.1. The van der Waals surface area contributed by atoms with Gasteiger partial charge in [-0.05, 0) is 46.6 Å². The molecule has 1 atom stereocenters. The molecule has 2 rings (SSSR count). The Morgan fingerprint density at radius 2 is 2.06 bits per heavy atom. The summed E-state index contributed by atoms with van der Waals surface area (Å²) in [5.74, 6) is -0.296. The van der Waals surface area contributed by atoms with Crippen molar-refractivity contribution in [3.8, 4) is 0 Å². The van der Waals surface area contributed by atoms with Gasteiger partial charge in [-0.25, -0.2) is 4.39 Å². The lowest BCUT2D eigenvalue weighted by Gasteiger charge is -2.09. The van der Waals surface area contributed by atoms with Crippen LogP contribution in [0.25, 0.3) is 0 Å². The van der Waals surface area contributed by atoms with E-state index in [1.165, 1.54) is 17.4 Å². The maximum absolute atomic E-state index is 13.7. The average Bonchev–Trinajstić information content (AvgIpc) is 2.63. The molecule has 1 aromatic heterocycles. The van der Waals surface area contributed by atoms with Crippen LogP contribution in [0.5, 0.6) is 0 Å². The lowest BCUT2D eigenvalue weighted by molar-refractivity contribution is 0.181. The number of hydrogen-bond acceptors (Lipinski definition) is 2. The van der Waals surface area contributed by atoms with Crippen LogP contribution in [0.15, 0.2) is 33.2 Å². The van der Waals surface area contributed by atoms with Gasteiger partial charge in [-0.3, -0.25) is 0 Å². The van der Waals surface area contributed by atoms with E-state index in [0.29, 0.717) is 10.0 Å². The Morgan fingerprint density at radius 1 is 1.33 bits per heavy atom. The first kappa shape index (κ1) is 14.2. The molecule has 0 aliphatic rings. The number of halogens is 3. The zero-order valence-corrected chi connectivity index (χ0v) is 13.6. The molecule has 96 valence electrons. The minimum absolute atomic E-state index is 0.283. The number of aliphatic hydroxyl groups excluding tert-OH is 1. The summed E-state index contributed by atoms with van der Waals surface area (Å²) in [6.45, 7) is 1.98. The highest BCUT2D eigenvalue weighted by molar-refractivity contribution is 9.10. The molecular formula is C13H11Br2FOS. The second-order valence-electron chi connectivity index (χ2n) is 4.01. The molecule has 0 spiro atoms. The van der Waals surface area contributed by atoms with Gasteiger partial charge in [0.2, 0.25) is 0 Å². The van der Waals surface area contributed by atoms with E-state index in [-0.39, 0.29) is 12.2 Å². The van der Waals surface area contributed by atoms with Crippen LogP contribution in [-0.2, 0) is 6.42 Å². The molecule has 18 heavy (non-hydrogen) atoms. The molecule has 1 aromatic carbocycles. The molecule has 1 nitrogen and oxygen atoms in total. The SMILES string of the molecule is Cc1sc(C(O)Cc2ccc(Br)cc2F)cc1Br. The van der Waals surface area contributed by atoms with Gasteiger partial charge in [0, 0.05) is 25.1 Å². The second-order valence-corrected chi connectivity index (χ2v) is 7.07. The molecule has 1 N–H and O–H groups in total. The van der Waals surface area contributed by atoms with Crippen molar-refractivity contribution in [3.05, 3.63) is 54.3 Å². The van der Waals surface area contributed by atoms with E-state index < -0.39 is 6.10 Å². The highest BCUT2D eigenvalue weighted by atomic mass is 79.9. The predicted octanol–water partition coefficient (Wildman–Crippen LogP) is 5.00. The molecule has 5 heteroatoms. The zero-order chi connectivity index (χ0) is 13.3. The van der Waals surface area contributed by atoms with Gasteiger partial charge in [-0.2, -0.15) is 0 Å². The van der Waals surface area contributed by atoms with E-state index in [4.69, 9.17) is 0 Å². The lowest BCUT2D eigenvalue weighted by Crippen LogP contribution is -2.01. The standard InChI is InChI=1S/C13H11Br2FOS/c1-7-10(15)6-13(18-7)12(17)4-8-2-3-9(14)5-11(8)16/h2-3,5-6,12,17H,4H2,1H3. The first-order valence-electron chi connectivity index (χ1n) is 5.35. The van der Waals surface area contributed by atoms with Gasteiger partial charge >= 0.3 is 0 Å². The number of aliphatic hydroxyl groups is 1. The topological polar surface area (TPSA) is 20.2 Å². The summed E-state index contributed by atoms with van der Waals surface area (Å²) >= 11 is 8.15. The quantitative estimate of drug-likeness (QED) is 0.778. The summed E-state index contributed by atoms with van der Waals surface area (Å²) in [7, 11) is 0. The zero-order valence-electron chi connectivity index (χ0n) is 9.58. The van der Waals surface area contributed by atoms with E-state index in [2.05, 4.69) is 31.9 Å². The molecule has 0 amide bonds. The van der Waals surface area contributed by atoms with Crippen LogP contribution in [0.2, 0.25) is 0 Å². The summed E-state index contributed by atoms with van der Waals surface area (Å²) in [6.07, 6.45) is -0.387. The molecule has 0 radical (unpaired) electrons. The first-order valence-corrected chi connectivity index (χ1v) is 7.75. The minimum Gasteiger partial charge on any atom is -0.387 e. The molecule has 1 heterocycles. The molecule has 0 saturated carbocycles. The highest BCUT2D eigenvalue weighted by Crippen LogP contribution is 2.32. The third-order valence-electron chi connectivity index (χ3n) is 2.63. The van der Waals surface area contributed by atoms with Crippen molar-refractivity contribution in [2.45, 2.75) is 19.4 Å². The van der Waals surface area contributed by atoms with Gasteiger partial charge in [0.15, 0.2) is 0 Å². The van der Waals surface area contributed by atoms with Crippen LogP contribution in [0.3, 0.4) is 0 Å². The van der Waals surface area contributed by atoms with E-state index >= 15 is 0 Å². The third kappa shape index (κ3) is 3.20. The van der Waals surface area contributed by atoms with E-state index in [1.54, 1.807) is 12.1 Å². The fraction of sp³-hybridized carbons (Fsp3) is 0.231. The summed E-state index contributed by atoms with van der Waals surface area (Å²) < 4.78 is 15.3. The van der Waals surface area contributed by atoms with Crippen LogP contribution in [0.1, 0.15) is 21.4 Å². The van der Waals surface area contributed by atoms with Gasteiger partial charge in [0.25, 0.3) is 0 Å². The number of aryl methyl sites for hydroxylation is 1. The third-order valence-corrected chi connectivity index (χ3v) is 5.36. The maximum atomic E-state index is 13.7. The summed E-state index contributed by atoms with van der Waals surface area (Å²) in [4.78, 5) is 1.96. The highest BCUT2D eigenvalue weighted by Gasteiger charge is 2.15. The number of rotatable bonds is 3. The molecule has 1 unspecified atom stereocenters. The monoisotopic (exact) mass is 392 g/mol. The van der Waals surface area contributed by atoms with Gasteiger partial charge in [-0.1, -0.05) is 22.0 Å². The van der Waals surface area contributed by atoms with Gasteiger partial charge in [0.05, 0.1) is 6.10 Å².